The Morgan fingerprint density at radius 3 is 2.58 bits per heavy atom. The highest BCUT2D eigenvalue weighted by Gasteiger charge is 2.29. The summed E-state index contributed by atoms with van der Waals surface area (Å²) >= 11 is 6.13. The summed E-state index contributed by atoms with van der Waals surface area (Å²) in [5.41, 5.74) is 5.26. The highest BCUT2D eigenvalue weighted by Crippen LogP contribution is 2.39. The van der Waals surface area contributed by atoms with Crippen molar-refractivity contribution in [3.8, 4) is 0 Å². The minimum absolute atomic E-state index is 0.168. The summed E-state index contributed by atoms with van der Waals surface area (Å²) in [6.07, 6.45) is 0. The predicted octanol–water partition coefficient (Wildman–Crippen LogP) is 5.24. The Hall–Kier alpha value is -2.26. The van der Waals surface area contributed by atoms with Crippen LogP contribution in [0.25, 0.3) is 11.3 Å². The van der Waals surface area contributed by atoms with E-state index in [4.69, 9.17) is 16.3 Å². The van der Waals surface area contributed by atoms with E-state index in [1.165, 1.54) is 5.56 Å². The van der Waals surface area contributed by atoms with Gasteiger partial charge >= 0.3 is 0 Å². The zero-order chi connectivity index (χ0) is 17.4. The van der Waals surface area contributed by atoms with Gasteiger partial charge in [-0.15, -0.1) is 0 Å². The molecule has 1 amide bonds. The average Bonchev–Trinajstić information content (AvgIpc) is 2.85. The largest absolute Gasteiger partial charge is 0.495 e. The van der Waals surface area contributed by atoms with Crippen molar-refractivity contribution in [3.63, 3.8) is 0 Å². The topological polar surface area (TPSA) is 38.3 Å². The van der Waals surface area contributed by atoms with Crippen molar-refractivity contribution in [2.75, 3.05) is 12.4 Å². The number of anilines is 1. The number of carbonyl (C=O) groups is 1. The minimum Gasteiger partial charge on any atom is -0.495 e. The summed E-state index contributed by atoms with van der Waals surface area (Å²) in [4.78, 5) is 12.6. The minimum atomic E-state index is -0.168. The molecule has 1 aliphatic heterocycles. The summed E-state index contributed by atoms with van der Waals surface area (Å²) in [5, 5.41) is 3.47. The number of rotatable bonds is 3. The van der Waals surface area contributed by atoms with Crippen molar-refractivity contribution in [1.29, 1.82) is 0 Å². The van der Waals surface area contributed by atoms with Gasteiger partial charge in [0.05, 0.1) is 12.7 Å². The summed E-state index contributed by atoms with van der Waals surface area (Å²) < 4.78 is 5.68. The van der Waals surface area contributed by atoms with E-state index in [0.29, 0.717) is 22.3 Å². The van der Waals surface area contributed by atoms with E-state index in [-0.39, 0.29) is 5.91 Å². The molecule has 4 heteroatoms. The van der Waals surface area contributed by atoms with Gasteiger partial charge in [-0.2, -0.15) is 0 Å². The molecule has 2 aromatic carbocycles. The Kier molecular flexibility index (Phi) is 4.37. The summed E-state index contributed by atoms with van der Waals surface area (Å²) in [7, 11) is 1.60. The predicted molar refractivity (Wildman–Crippen MR) is 99.2 cm³/mol. The lowest BCUT2D eigenvalue weighted by Gasteiger charge is -2.15. The van der Waals surface area contributed by atoms with Crippen molar-refractivity contribution < 1.29 is 9.53 Å². The van der Waals surface area contributed by atoms with Gasteiger partial charge in [0.2, 0.25) is 0 Å². The molecular formula is C20H20ClNO2. The SMILES string of the molecule is COC(=C1C(=O)Nc2ccc(Cl)cc21)c1cc(C(C)C)ccc1C. The number of benzene rings is 2. The number of ether oxygens (including phenoxy) is 1. The number of methoxy groups -OCH3 is 1. The van der Waals surface area contributed by atoms with Crippen LogP contribution in [0.4, 0.5) is 5.69 Å². The molecule has 3 nitrogen and oxygen atoms in total. The van der Waals surface area contributed by atoms with Crippen LogP contribution in [0.15, 0.2) is 36.4 Å². The smallest absolute Gasteiger partial charge is 0.260 e. The van der Waals surface area contributed by atoms with E-state index in [0.717, 1.165) is 22.4 Å². The molecule has 24 heavy (non-hydrogen) atoms. The second-order valence-electron chi connectivity index (χ2n) is 6.28. The second-order valence-corrected chi connectivity index (χ2v) is 6.72. The molecule has 1 N–H and O–H groups in total. The van der Waals surface area contributed by atoms with Crippen molar-refractivity contribution in [1.82, 2.24) is 0 Å². The molecule has 0 atom stereocenters. The third-order valence-electron chi connectivity index (χ3n) is 4.33. The van der Waals surface area contributed by atoms with Crippen LogP contribution in [0, 0.1) is 6.92 Å². The van der Waals surface area contributed by atoms with Gasteiger partial charge in [-0.1, -0.05) is 37.6 Å². The van der Waals surface area contributed by atoms with Crippen LogP contribution in [0.3, 0.4) is 0 Å². The fourth-order valence-corrected chi connectivity index (χ4v) is 3.13. The average molecular weight is 342 g/mol. The van der Waals surface area contributed by atoms with E-state index >= 15 is 0 Å². The lowest BCUT2D eigenvalue weighted by atomic mass is 9.94. The zero-order valence-corrected chi connectivity index (χ0v) is 15.0. The fourth-order valence-electron chi connectivity index (χ4n) is 2.95. The van der Waals surface area contributed by atoms with Crippen LogP contribution in [0.5, 0.6) is 0 Å². The van der Waals surface area contributed by atoms with Crippen LogP contribution >= 0.6 is 11.6 Å². The molecule has 124 valence electrons. The summed E-state index contributed by atoms with van der Waals surface area (Å²) in [5.74, 6) is 0.804. The van der Waals surface area contributed by atoms with E-state index in [9.17, 15) is 4.79 Å². The first kappa shape index (κ1) is 16.6. The Morgan fingerprint density at radius 1 is 1.17 bits per heavy atom. The van der Waals surface area contributed by atoms with Gasteiger partial charge < -0.3 is 10.1 Å². The lowest BCUT2D eigenvalue weighted by Crippen LogP contribution is -2.07. The number of aryl methyl sites for hydroxylation is 1. The third kappa shape index (κ3) is 2.80. The first-order chi connectivity index (χ1) is 11.4. The van der Waals surface area contributed by atoms with Gasteiger partial charge in [-0.3, -0.25) is 4.79 Å². The number of fused-ring (bicyclic) bond motifs is 1. The zero-order valence-electron chi connectivity index (χ0n) is 14.2. The van der Waals surface area contributed by atoms with Gasteiger partial charge in [-0.05, 0) is 48.2 Å². The fraction of sp³-hybridized carbons (Fsp3) is 0.250. The van der Waals surface area contributed by atoms with E-state index in [1.54, 1.807) is 19.2 Å². The highest BCUT2D eigenvalue weighted by atomic mass is 35.5. The van der Waals surface area contributed by atoms with Crippen LogP contribution < -0.4 is 5.32 Å². The molecule has 0 unspecified atom stereocenters. The standard InChI is InChI=1S/C20H20ClNO2/c1-11(2)13-6-5-12(3)15(9-13)19(24-4)18-16-10-14(21)7-8-17(16)22-20(18)23/h5-11H,1-4H3,(H,22,23). The summed E-state index contributed by atoms with van der Waals surface area (Å²) in [6, 6.07) is 11.7. The molecule has 0 radical (unpaired) electrons. The second kappa shape index (κ2) is 6.33. The van der Waals surface area contributed by atoms with Gasteiger partial charge in [0.15, 0.2) is 0 Å². The molecule has 0 bridgehead atoms. The van der Waals surface area contributed by atoms with Crippen LogP contribution in [-0.4, -0.2) is 13.0 Å². The number of nitrogens with one attached hydrogen (secondary N) is 1. The molecular weight excluding hydrogens is 322 g/mol. The van der Waals surface area contributed by atoms with Crippen molar-refractivity contribution >= 4 is 34.5 Å². The first-order valence-electron chi connectivity index (χ1n) is 7.92. The molecule has 0 saturated heterocycles. The molecule has 0 saturated carbocycles. The maximum atomic E-state index is 12.6. The van der Waals surface area contributed by atoms with Crippen molar-refractivity contribution in [3.05, 3.63) is 63.7 Å². The van der Waals surface area contributed by atoms with Gasteiger partial charge in [0.25, 0.3) is 5.91 Å². The molecule has 0 spiro atoms. The molecule has 0 aliphatic carbocycles. The molecule has 0 fully saturated rings. The molecule has 3 rings (SSSR count). The van der Waals surface area contributed by atoms with E-state index in [1.807, 2.05) is 13.0 Å². The Bertz CT molecular complexity index is 853. The number of hydrogen-bond acceptors (Lipinski definition) is 2. The van der Waals surface area contributed by atoms with Crippen LogP contribution in [0.2, 0.25) is 5.02 Å². The molecule has 1 heterocycles. The van der Waals surface area contributed by atoms with Crippen molar-refractivity contribution in [2.45, 2.75) is 26.7 Å². The molecule has 1 aliphatic rings. The number of halogens is 1. The van der Waals surface area contributed by atoms with Gasteiger partial charge in [0, 0.05) is 21.8 Å². The monoisotopic (exact) mass is 341 g/mol. The van der Waals surface area contributed by atoms with Gasteiger partial charge in [-0.25, -0.2) is 0 Å². The third-order valence-corrected chi connectivity index (χ3v) is 4.57. The first-order valence-corrected chi connectivity index (χ1v) is 8.30. The molecule has 0 aromatic heterocycles. The maximum Gasteiger partial charge on any atom is 0.260 e. The maximum absolute atomic E-state index is 12.6. The van der Waals surface area contributed by atoms with Crippen molar-refractivity contribution in [2.24, 2.45) is 0 Å². The van der Waals surface area contributed by atoms with Crippen LogP contribution in [-0.2, 0) is 9.53 Å². The number of carbonyl (C=O) groups excluding carboxylic acids is 1. The Morgan fingerprint density at radius 2 is 1.92 bits per heavy atom. The van der Waals surface area contributed by atoms with Crippen LogP contribution in [0.1, 0.15) is 42.0 Å². The normalized spacial score (nSPS) is 15.3. The highest BCUT2D eigenvalue weighted by molar-refractivity contribution is 6.37. The Labute approximate surface area is 147 Å². The quantitative estimate of drug-likeness (QED) is 0.612. The van der Waals surface area contributed by atoms with Gasteiger partial charge in [0.1, 0.15) is 5.76 Å². The summed E-state index contributed by atoms with van der Waals surface area (Å²) in [6.45, 7) is 6.31. The number of hydrogen-bond donors (Lipinski definition) is 1. The number of amides is 1. The lowest BCUT2D eigenvalue weighted by molar-refractivity contribution is -0.110. The van der Waals surface area contributed by atoms with E-state index in [2.05, 4.69) is 37.4 Å². The van der Waals surface area contributed by atoms with E-state index < -0.39 is 0 Å². The Balaban J connectivity index is 2.26. The molecule has 2 aromatic rings.